The summed E-state index contributed by atoms with van der Waals surface area (Å²) in [5, 5.41) is 2.87. The summed E-state index contributed by atoms with van der Waals surface area (Å²) in [5.74, 6) is 0.612. The smallest absolute Gasteiger partial charge is 0.327 e. The van der Waals surface area contributed by atoms with E-state index in [0.29, 0.717) is 23.1 Å². The molecule has 2 fully saturated rings. The number of aryl methyl sites for hydroxylation is 1. The quantitative estimate of drug-likeness (QED) is 0.848. The summed E-state index contributed by atoms with van der Waals surface area (Å²) in [6.07, 6.45) is -0.315. The number of para-hydroxylation sites is 1. The first kappa shape index (κ1) is 18.2. The van der Waals surface area contributed by atoms with Gasteiger partial charge in [-0.2, -0.15) is 13.2 Å². The molecule has 2 aliphatic rings. The number of halogens is 3. The molecule has 0 heterocycles. The van der Waals surface area contributed by atoms with Crippen LogP contribution in [0.15, 0.2) is 24.3 Å². The van der Waals surface area contributed by atoms with Gasteiger partial charge in [-0.25, -0.2) is 0 Å². The fraction of sp³-hybridized carbons (Fsp3) is 0.632. The summed E-state index contributed by atoms with van der Waals surface area (Å²) in [7, 11) is 0. The second-order valence-corrected chi connectivity index (χ2v) is 7.46. The molecule has 25 heavy (non-hydrogen) atoms. The molecule has 6 heteroatoms. The standard InChI is InChI=1S/C19H25F3N2O/c20-19(21,22)9-8-12-4-1-2-7-16(12)24-18(25)15-10-13-5-3-6-14(11-15)17(13)23/h1-2,4,7,13-15,17H,3,5-6,8-11,23H2,(H,24,25). The van der Waals surface area contributed by atoms with Crippen LogP contribution in [0.3, 0.4) is 0 Å². The summed E-state index contributed by atoms with van der Waals surface area (Å²) in [6.45, 7) is 0. The van der Waals surface area contributed by atoms with Crippen molar-refractivity contribution in [2.24, 2.45) is 23.5 Å². The van der Waals surface area contributed by atoms with Gasteiger partial charge in [0.2, 0.25) is 5.91 Å². The van der Waals surface area contributed by atoms with E-state index in [1.807, 2.05) is 0 Å². The molecule has 0 aliphatic heterocycles. The highest BCUT2D eigenvalue weighted by Crippen LogP contribution is 2.42. The van der Waals surface area contributed by atoms with Crippen molar-refractivity contribution in [2.45, 2.75) is 57.2 Å². The molecule has 2 unspecified atom stereocenters. The first-order chi connectivity index (χ1) is 11.8. The van der Waals surface area contributed by atoms with Gasteiger partial charge in [-0.1, -0.05) is 24.6 Å². The number of amides is 1. The predicted molar refractivity (Wildman–Crippen MR) is 91.0 cm³/mol. The molecule has 3 N–H and O–H groups in total. The summed E-state index contributed by atoms with van der Waals surface area (Å²) < 4.78 is 37.5. The Morgan fingerprint density at radius 1 is 1.16 bits per heavy atom. The number of nitrogens with two attached hydrogens (primary N) is 1. The van der Waals surface area contributed by atoms with E-state index in [9.17, 15) is 18.0 Å². The van der Waals surface area contributed by atoms with Crippen LogP contribution < -0.4 is 11.1 Å². The Hall–Kier alpha value is -1.56. The monoisotopic (exact) mass is 354 g/mol. The summed E-state index contributed by atoms with van der Waals surface area (Å²) in [5.41, 5.74) is 7.29. The van der Waals surface area contributed by atoms with Crippen molar-refractivity contribution in [1.82, 2.24) is 0 Å². The third-order valence-corrected chi connectivity index (χ3v) is 5.74. The summed E-state index contributed by atoms with van der Waals surface area (Å²) in [4.78, 5) is 12.7. The van der Waals surface area contributed by atoms with Crippen LogP contribution in [0.4, 0.5) is 18.9 Å². The molecule has 3 nitrogen and oxygen atoms in total. The van der Waals surface area contributed by atoms with Crippen LogP contribution >= 0.6 is 0 Å². The van der Waals surface area contributed by atoms with E-state index in [0.717, 1.165) is 25.7 Å². The largest absolute Gasteiger partial charge is 0.389 e. The highest BCUT2D eigenvalue weighted by molar-refractivity contribution is 5.93. The number of anilines is 1. The SMILES string of the molecule is NC1C2CCCC1CC(C(=O)Nc1ccccc1CCC(F)(F)F)C2. The van der Waals surface area contributed by atoms with Crippen LogP contribution in [-0.2, 0) is 11.2 Å². The number of alkyl halides is 3. The normalized spacial score (nSPS) is 29.3. The number of nitrogens with one attached hydrogen (secondary N) is 1. The zero-order chi connectivity index (χ0) is 18.0. The minimum Gasteiger partial charge on any atom is -0.327 e. The lowest BCUT2D eigenvalue weighted by Gasteiger charge is -2.43. The maximum atomic E-state index is 12.7. The first-order valence-corrected chi connectivity index (χ1v) is 9.04. The molecule has 0 saturated heterocycles. The average Bonchev–Trinajstić information content (AvgIpc) is 2.53. The number of hydrogen-bond donors (Lipinski definition) is 2. The Labute approximate surface area is 146 Å². The maximum absolute atomic E-state index is 12.7. The van der Waals surface area contributed by atoms with Gasteiger partial charge in [0.1, 0.15) is 0 Å². The Balaban J connectivity index is 1.65. The van der Waals surface area contributed by atoms with Crippen LogP contribution in [-0.4, -0.2) is 18.1 Å². The number of rotatable bonds is 4. The fourth-order valence-corrected chi connectivity index (χ4v) is 4.37. The summed E-state index contributed by atoms with van der Waals surface area (Å²) in [6, 6.07) is 6.95. The van der Waals surface area contributed by atoms with Crippen LogP contribution in [0.2, 0.25) is 0 Å². The van der Waals surface area contributed by atoms with Crippen LogP contribution in [0.25, 0.3) is 0 Å². The van der Waals surface area contributed by atoms with Crippen molar-refractivity contribution in [2.75, 3.05) is 5.32 Å². The number of carbonyl (C=O) groups excluding carboxylic acids is 1. The topological polar surface area (TPSA) is 55.1 Å². The van der Waals surface area contributed by atoms with Gasteiger partial charge in [-0.15, -0.1) is 0 Å². The molecule has 2 aliphatic carbocycles. The van der Waals surface area contributed by atoms with Gasteiger partial charge in [0, 0.05) is 24.1 Å². The molecule has 3 rings (SSSR count). The lowest BCUT2D eigenvalue weighted by atomic mass is 9.65. The van der Waals surface area contributed by atoms with Gasteiger partial charge in [-0.05, 0) is 55.6 Å². The van der Waals surface area contributed by atoms with Gasteiger partial charge in [0.15, 0.2) is 0 Å². The Bertz CT molecular complexity index is 603. The van der Waals surface area contributed by atoms with Crippen molar-refractivity contribution in [1.29, 1.82) is 0 Å². The van der Waals surface area contributed by atoms with Crippen LogP contribution in [0.5, 0.6) is 0 Å². The number of hydrogen-bond acceptors (Lipinski definition) is 2. The Morgan fingerprint density at radius 3 is 2.44 bits per heavy atom. The van der Waals surface area contributed by atoms with E-state index in [1.165, 1.54) is 6.42 Å². The van der Waals surface area contributed by atoms with Gasteiger partial charge >= 0.3 is 6.18 Å². The van der Waals surface area contributed by atoms with Gasteiger partial charge in [0.05, 0.1) is 0 Å². The van der Waals surface area contributed by atoms with E-state index in [-0.39, 0.29) is 24.3 Å². The van der Waals surface area contributed by atoms with E-state index >= 15 is 0 Å². The highest BCUT2D eigenvalue weighted by atomic mass is 19.4. The number of carbonyl (C=O) groups is 1. The molecule has 0 spiro atoms. The van der Waals surface area contributed by atoms with E-state index < -0.39 is 12.6 Å². The molecule has 2 bridgehead atoms. The second kappa shape index (κ2) is 7.36. The highest BCUT2D eigenvalue weighted by Gasteiger charge is 2.40. The third-order valence-electron chi connectivity index (χ3n) is 5.74. The van der Waals surface area contributed by atoms with Crippen LogP contribution in [0.1, 0.15) is 44.1 Å². The van der Waals surface area contributed by atoms with Crippen molar-refractivity contribution in [3.63, 3.8) is 0 Å². The van der Waals surface area contributed by atoms with Gasteiger partial charge < -0.3 is 11.1 Å². The third kappa shape index (κ3) is 4.54. The van der Waals surface area contributed by atoms with E-state index in [2.05, 4.69) is 5.32 Å². The molecular weight excluding hydrogens is 329 g/mol. The molecule has 1 amide bonds. The van der Waals surface area contributed by atoms with Crippen molar-refractivity contribution in [3.05, 3.63) is 29.8 Å². The summed E-state index contributed by atoms with van der Waals surface area (Å²) >= 11 is 0. The molecule has 2 atom stereocenters. The van der Waals surface area contributed by atoms with Crippen molar-refractivity contribution in [3.8, 4) is 0 Å². The minimum atomic E-state index is -4.20. The Kier molecular flexibility index (Phi) is 5.37. The zero-order valence-electron chi connectivity index (χ0n) is 14.2. The molecule has 1 aromatic rings. The zero-order valence-corrected chi connectivity index (χ0v) is 14.2. The molecular formula is C19H25F3N2O. The van der Waals surface area contributed by atoms with Crippen molar-refractivity contribution >= 4 is 11.6 Å². The lowest BCUT2D eigenvalue weighted by Crippen LogP contribution is -2.48. The minimum absolute atomic E-state index is 0.0803. The molecule has 138 valence electrons. The second-order valence-electron chi connectivity index (χ2n) is 7.46. The van der Waals surface area contributed by atoms with E-state index in [4.69, 9.17) is 5.73 Å². The van der Waals surface area contributed by atoms with Crippen LogP contribution in [0, 0.1) is 17.8 Å². The van der Waals surface area contributed by atoms with Gasteiger partial charge in [0.25, 0.3) is 0 Å². The maximum Gasteiger partial charge on any atom is 0.389 e. The van der Waals surface area contributed by atoms with Gasteiger partial charge in [-0.3, -0.25) is 4.79 Å². The Morgan fingerprint density at radius 2 is 1.80 bits per heavy atom. The molecule has 0 aromatic heterocycles. The number of fused-ring (bicyclic) bond motifs is 2. The molecule has 2 saturated carbocycles. The molecule has 0 radical (unpaired) electrons. The predicted octanol–water partition coefficient (Wildman–Crippen LogP) is 4.27. The first-order valence-electron chi connectivity index (χ1n) is 9.04. The molecule has 1 aromatic carbocycles. The number of benzene rings is 1. The van der Waals surface area contributed by atoms with E-state index in [1.54, 1.807) is 24.3 Å². The van der Waals surface area contributed by atoms with Crippen molar-refractivity contribution < 1.29 is 18.0 Å². The fourth-order valence-electron chi connectivity index (χ4n) is 4.37. The lowest BCUT2D eigenvalue weighted by molar-refractivity contribution is -0.133. The average molecular weight is 354 g/mol.